The lowest BCUT2D eigenvalue weighted by atomic mass is 10.2. The average Bonchev–Trinajstić information content (AvgIpc) is 3.20. The van der Waals surface area contributed by atoms with Crippen LogP contribution in [0.2, 0.25) is 0 Å². The van der Waals surface area contributed by atoms with Gasteiger partial charge in [0.15, 0.2) is 5.16 Å². The molecule has 6 nitrogen and oxygen atoms in total. The van der Waals surface area contributed by atoms with Crippen LogP contribution in [0.15, 0.2) is 29.4 Å². The normalized spacial score (nSPS) is 19.7. The minimum Gasteiger partial charge on any atom is -0.376 e. The molecule has 2 heterocycles. The molecule has 0 radical (unpaired) electrons. The van der Waals surface area contributed by atoms with E-state index in [1.54, 1.807) is 0 Å². The van der Waals surface area contributed by atoms with Gasteiger partial charge in [0.25, 0.3) is 0 Å². The van der Waals surface area contributed by atoms with Gasteiger partial charge in [0, 0.05) is 18.2 Å². The summed E-state index contributed by atoms with van der Waals surface area (Å²) in [4.78, 5) is 12.3. The van der Waals surface area contributed by atoms with Gasteiger partial charge in [0.2, 0.25) is 5.91 Å². The number of amides is 1. The number of hydrogen-bond donors (Lipinski definition) is 1. The number of benzene rings is 1. The van der Waals surface area contributed by atoms with Gasteiger partial charge < -0.3 is 14.6 Å². The fourth-order valence-electron chi connectivity index (χ4n) is 3.18. The SMILES string of the molecule is Cc1ccc(NC(=O)CSc2nnc(C3CC3)n2CC2CCCO2)cc1. The number of nitrogens with one attached hydrogen (secondary N) is 1. The zero-order valence-corrected chi connectivity index (χ0v) is 15.8. The van der Waals surface area contributed by atoms with Gasteiger partial charge in [-0.1, -0.05) is 29.5 Å². The Morgan fingerprint density at radius 1 is 1.27 bits per heavy atom. The van der Waals surface area contributed by atoms with Crippen molar-refractivity contribution in [3.05, 3.63) is 35.7 Å². The minimum atomic E-state index is -0.0292. The van der Waals surface area contributed by atoms with E-state index in [0.717, 1.165) is 42.7 Å². The molecule has 1 N–H and O–H groups in total. The maximum atomic E-state index is 12.3. The van der Waals surface area contributed by atoms with Gasteiger partial charge in [-0.25, -0.2) is 0 Å². The fourth-order valence-corrected chi connectivity index (χ4v) is 3.93. The third-order valence-corrected chi connectivity index (χ3v) is 5.73. The van der Waals surface area contributed by atoms with Crippen LogP contribution in [0, 0.1) is 6.92 Å². The molecule has 2 fully saturated rings. The Kier molecular flexibility index (Phi) is 5.26. The van der Waals surface area contributed by atoms with E-state index in [4.69, 9.17) is 4.74 Å². The maximum Gasteiger partial charge on any atom is 0.234 e. The minimum absolute atomic E-state index is 0.0292. The predicted octanol–water partition coefficient (Wildman–Crippen LogP) is 3.37. The first-order valence-electron chi connectivity index (χ1n) is 9.23. The quantitative estimate of drug-likeness (QED) is 0.755. The lowest BCUT2D eigenvalue weighted by molar-refractivity contribution is -0.113. The molecular weight excluding hydrogens is 348 g/mol. The van der Waals surface area contributed by atoms with Gasteiger partial charge in [-0.05, 0) is 44.7 Å². The molecule has 1 aromatic carbocycles. The number of nitrogens with zero attached hydrogens (tertiary/aromatic N) is 3. The Morgan fingerprint density at radius 2 is 2.08 bits per heavy atom. The van der Waals surface area contributed by atoms with Crippen molar-refractivity contribution in [2.24, 2.45) is 0 Å². The van der Waals surface area contributed by atoms with Crippen LogP contribution in [0.5, 0.6) is 0 Å². The Bertz CT molecular complexity index is 764. The number of aryl methyl sites for hydroxylation is 1. The summed E-state index contributed by atoms with van der Waals surface area (Å²) in [6.07, 6.45) is 4.81. The summed E-state index contributed by atoms with van der Waals surface area (Å²) in [6, 6.07) is 7.82. The van der Waals surface area contributed by atoms with Crippen LogP contribution < -0.4 is 5.32 Å². The summed E-state index contributed by atoms with van der Waals surface area (Å²) in [5.41, 5.74) is 1.99. The van der Waals surface area contributed by atoms with E-state index in [-0.39, 0.29) is 12.0 Å². The highest BCUT2D eigenvalue weighted by Crippen LogP contribution is 2.40. The van der Waals surface area contributed by atoms with Gasteiger partial charge in [0.05, 0.1) is 18.4 Å². The number of rotatable bonds is 7. The van der Waals surface area contributed by atoms with Gasteiger partial charge >= 0.3 is 0 Å². The summed E-state index contributed by atoms with van der Waals surface area (Å²) in [5.74, 6) is 1.88. The number of anilines is 1. The van der Waals surface area contributed by atoms with Gasteiger partial charge in [-0.3, -0.25) is 4.79 Å². The van der Waals surface area contributed by atoms with E-state index in [1.165, 1.54) is 30.2 Å². The number of carbonyl (C=O) groups is 1. The predicted molar refractivity (Wildman–Crippen MR) is 102 cm³/mol. The second-order valence-electron chi connectivity index (χ2n) is 7.06. The van der Waals surface area contributed by atoms with Crippen LogP contribution in [-0.2, 0) is 16.1 Å². The fraction of sp³-hybridized carbons (Fsp3) is 0.526. The zero-order chi connectivity index (χ0) is 17.9. The molecule has 1 amide bonds. The highest BCUT2D eigenvalue weighted by molar-refractivity contribution is 7.99. The van der Waals surface area contributed by atoms with Crippen molar-refractivity contribution in [3.63, 3.8) is 0 Å². The van der Waals surface area contributed by atoms with Crippen LogP contribution >= 0.6 is 11.8 Å². The number of ether oxygens (including phenoxy) is 1. The average molecular weight is 372 g/mol. The summed E-state index contributed by atoms with van der Waals surface area (Å²) in [5, 5.41) is 12.5. The Balaban J connectivity index is 1.39. The molecular formula is C19H24N4O2S. The highest BCUT2D eigenvalue weighted by Gasteiger charge is 2.31. The van der Waals surface area contributed by atoms with E-state index in [1.807, 2.05) is 31.2 Å². The van der Waals surface area contributed by atoms with Crippen molar-refractivity contribution in [2.75, 3.05) is 17.7 Å². The van der Waals surface area contributed by atoms with Crippen molar-refractivity contribution in [1.29, 1.82) is 0 Å². The largest absolute Gasteiger partial charge is 0.376 e. The molecule has 4 rings (SSSR count). The third kappa shape index (κ3) is 4.27. The van der Waals surface area contributed by atoms with E-state index in [0.29, 0.717) is 11.7 Å². The summed E-state index contributed by atoms with van der Waals surface area (Å²) < 4.78 is 7.96. The van der Waals surface area contributed by atoms with Crippen molar-refractivity contribution in [2.45, 2.75) is 56.3 Å². The highest BCUT2D eigenvalue weighted by atomic mass is 32.2. The molecule has 1 saturated heterocycles. The first-order valence-corrected chi connectivity index (χ1v) is 10.2. The molecule has 1 saturated carbocycles. The zero-order valence-electron chi connectivity index (χ0n) is 15.0. The first kappa shape index (κ1) is 17.5. The third-order valence-electron chi connectivity index (χ3n) is 4.77. The number of carbonyl (C=O) groups excluding carboxylic acids is 1. The summed E-state index contributed by atoms with van der Waals surface area (Å²) >= 11 is 1.45. The van der Waals surface area contributed by atoms with Gasteiger partial charge in [-0.2, -0.15) is 0 Å². The molecule has 1 aromatic heterocycles. The van der Waals surface area contributed by atoms with Crippen molar-refractivity contribution >= 4 is 23.4 Å². The van der Waals surface area contributed by atoms with E-state index in [2.05, 4.69) is 20.1 Å². The smallest absolute Gasteiger partial charge is 0.234 e. The number of aromatic nitrogens is 3. The van der Waals surface area contributed by atoms with E-state index in [9.17, 15) is 4.79 Å². The second kappa shape index (κ2) is 7.80. The molecule has 1 atom stereocenters. The van der Waals surface area contributed by atoms with Crippen LogP contribution in [-0.4, -0.2) is 39.1 Å². The van der Waals surface area contributed by atoms with Crippen LogP contribution in [0.4, 0.5) is 5.69 Å². The molecule has 0 bridgehead atoms. The van der Waals surface area contributed by atoms with E-state index < -0.39 is 0 Å². The molecule has 1 aliphatic heterocycles. The summed E-state index contributed by atoms with van der Waals surface area (Å²) in [6.45, 7) is 3.66. The number of thioether (sulfide) groups is 1. The van der Waals surface area contributed by atoms with E-state index >= 15 is 0 Å². The topological polar surface area (TPSA) is 69.0 Å². The Morgan fingerprint density at radius 3 is 2.77 bits per heavy atom. The molecule has 1 aliphatic carbocycles. The Hall–Kier alpha value is -1.86. The standard InChI is InChI=1S/C19H24N4O2S/c1-13-4-8-15(9-5-13)20-17(24)12-26-19-22-21-18(14-6-7-14)23(19)11-16-3-2-10-25-16/h4-5,8-9,14,16H,2-3,6-7,10-12H2,1H3,(H,20,24). The first-order chi connectivity index (χ1) is 12.7. The van der Waals surface area contributed by atoms with Crippen molar-refractivity contribution in [3.8, 4) is 0 Å². The van der Waals surface area contributed by atoms with Gasteiger partial charge in [0.1, 0.15) is 5.82 Å². The molecule has 7 heteroatoms. The Labute approximate surface area is 157 Å². The van der Waals surface area contributed by atoms with Crippen LogP contribution in [0.3, 0.4) is 0 Å². The second-order valence-corrected chi connectivity index (χ2v) is 8.01. The molecule has 1 unspecified atom stereocenters. The summed E-state index contributed by atoms with van der Waals surface area (Å²) in [7, 11) is 0. The van der Waals surface area contributed by atoms with Crippen LogP contribution in [0.25, 0.3) is 0 Å². The molecule has 2 aliphatic rings. The number of hydrogen-bond acceptors (Lipinski definition) is 5. The van der Waals surface area contributed by atoms with Crippen molar-refractivity contribution < 1.29 is 9.53 Å². The molecule has 0 spiro atoms. The monoisotopic (exact) mass is 372 g/mol. The van der Waals surface area contributed by atoms with Crippen molar-refractivity contribution in [1.82, 2.24) is 14.8 Å². The lowest BCUT2D eigenvalue weighted by Gasteiger charge is -2.14. The maximum absolute atomic E-state index is 12.3. The lowest BCUT2D eigenvalue weighted by Crippen LogP contribution is -2.19. The van der Waals surface area contributed by atoms with Gasteiger partial charge in [-0.15, -0.1) is 10.2 Å². The molecule has 26 heavy (non-hydrogen) atoms. The molecule has 2 aromatic rings. The van der Waals surface area contributed by atoms with Crippen LogP contribution in [0.1, 0.15) is 43.0 Å². The molecule has 138 valence electrons.